The quantitative estimate of drug-likeness (QED) is 0.405. The molecule has 0 aliphatic heterocycles. The minimum absolute atomic E-state index is 0.348. The predicted octanol–water partition coefficient (Wildman–Crippen LogP) is 4.77. The van der Waals surface area contributed by atoms with E-state index in [2.05, 4.69) is 51.5 Å². The number of aryl methyl sites for hydroxylation is 1. The molecular formula is C19H31N3. The topological polar surface area (TPSA) is 41.6 Å². The number of nitrogens with two attached hydrogens (primary N) is 1. The van der Waals surface area contributed by atoms with Gasteiger partial charge < -0.3 is 5.01 Å². The summed E-state index contributed by atoms with van der Waals surface area (Å²) in [5.74, 6) is 7.02. The minimum Gasteiger partial charge on any atom is -0.313 e. The minimum atomic E-state index is 0.348. The third-order valence-corrected chi connectivity index (χ3v) is 4.28. The molecule has 2 unspecified atom stereocenters. The van der Waals surface area contributed by atoms with Crippen molar-refractivity contribution in [2.24, 2.45) is 16.8 Å². The van der Waals surface area contributed by atoms with Gasteiger partial charge in [-0.05, 0) is 38.0 Å². The number of nitrogens with zero attached hydrogens (tertiary/aromatic N) is 2. The molecule has 0 saturated heterocycles. The molecule has 0 amide bonds. The maximum absolute atomic E-state index is 6.34. The van der Waals surface area contributed by atoms with Crippen LogP contribution in [0.2, 0.25) is 0 Å². The fourth-order valence-corrected chi connectivity index (χ4v) is 2.66. The van der Waals surface area contributed by atoms with Crippen LogP contribution >= 0.6 is 0 Å². The number of rotatable bonds is 9. The highest BCUT2D eigenvalue weighted by Crippen LogP contribution is 2.22. The van der Waals surface area contributed by atoms with Gasteiger partial charge in [-0.3, -0.25) is 4.99 Å². The summed E-state index contributed by atoms with van der Waals surface area (Å²) in [6.45, 7) is 12.5. The van der Waals surface area contributed by atoms with Crippen molar-refractivity contribution in [2.45, 2.75) is 59.4 Å². The van der Waals surface area contributed by atoms with E-state index in [1.54, 1.807) is 0 Å². The second-order valence-corrected chi connectivity index (χ2v) is 6.13. The highest BCUT2D eigenvalue weighted by molar-refractivity contribution is 5.69. The highest BCUT2D eigenvalue weighted by Gasteiger charge is 2.16. The molecule has 0 fully saturated rings. The first-order chi connectivity index (χ1) is 10.5. The van der Waals surface area contributed by atoms with Crippen molar-refractivity contribution >= 4 is 12.4 Å². The average molecular weight is 301 g/mol. The van der Waals surface area contributed by atoms with Gasteiger partial charge in [0.25, 0.3) is 0 Å². The number of benzene rings is 1. The molecule has 2 N–H and O–H groups in total. The van der Waals surface area contributed by atoms with Crippen molar-refractivity contribution in [1.29, 1.82) is 0 Å². The molecule has 122 valence electrons. The van der Waals surface area contributed by atoms with Crippen molar-refractivity contribution < 1.29 is 0 Å². The molecule has 1 rings (SSSR count). The molecule has 0 heterocycles. The van der Waals surface area contributed by atoms with E-state index in [0.29, 0.717) is 12.0 Å². The lowest BCUT2D eigenvalue weighted by molar-refractivity contribution is 0.226. The normalized spacial score (nSPS) is 14.5. The third kappa shape index (κ3) is 5.30. The van der Waals surface area contributed by atoms with Gasteiger partial charge in [0.1, 0.15) is 0 Å². The lowest BCUT2D eigenvalue weighted by Gasteiger charge is -2.29. The van der Waals surface area contributed by atoms with Crippen molar-refractivity contribution in [3.63, 3.8) is 0 Å². The van der Waals surface area contributed by atoms with E-state index in [-0.39, 0.29) is 0 Å². The second-order valence-electron chi connectivity index (χ2n) is 6.13. The maximum Gasteiger partial charge on any atom is 0.0870 e. The number of hydrogen-bond donors (Lipinski definition) is 1. The van der Waals surface area contributed by atoms with Crippen LogP contribution in [0, 0.1) is 12.8 Å². The molecule has 22 heavy (non-hydrogen) atoms. The molecule has 0 spiro atoms. The van der Waals surface area contributed by atoms with Crippen molar-refractivity contribution in [3.05, 3.63) is 41.6 Å². The Kier molecular flexibility index (Phi) is 7.89. The van der Waals surface area contributed by atoms with E-state index in [1.807, 2.05) is 23.3 Å². The van der Waals surface area contributed by atoms with Crippen molar-refractivity contribution in [1.82, 2.24) is 5.01 Å². The lowest BCUT2D eigenvalue weighted by atomic mass is 9.96. The Labute approximate surface area is 135 Å². The van der Waals surface area contributed by atoms with Gasteiger partial charge in [0.15, 0.2) is 0 Å². The van der Waals surface area contributed by atoms with Gasteiger partial charge in [-0.2, -0.15) is 0 Å². The zero-order valence-corrected chi connectivity index (χ0v) is 14.5. The third-order valence-electron chi connectivity index (χ3n) is 4.28. The molecule has 0 aliphatic rings. The van der Waals surface area contributed by atoms with E-state index in [9.17, 15) is 0 Å². The molecular weight excluding hydrogens is 270 g/mol. The van der Waals surface area contributed by atoms with Gasteiger partial charge in [0.05, 0.1) is 5.70 Å². The van der Waals surface area contributed by atoms with Gasteiger partial charge >= 0.3 is 0 Å². The molecule has 3 heteroatoms. The summed E-state index contributed by atoms with van der Waals surface area (Å²) in [5, 5.41) is 1.84. The Bertz CT molecular complexity index is 493. The van der Waals surface area contributed by atoms with Gasteiger partial charge in [-0.15, -0.1) is 0 Å². The van der Waals surface area contributed by atoms with Crippen molar-refractivity contribution in [2.75, 3.05) is 0 Å². The Morgan fingerprint density at radius 1 is 1.36 bits per heavy atom. The smallest absolute Gasteiger partial charge is 0.0870 e. The molecule has 1 aromatic carbocycles. The predicted molar refractivity (Wildman–Crippen MR) is 97.5 cm³/mol. The fraction of sp³-hybridized carbons (Fsp3) is 0.526. The fourth-order valence-electron chi connectivity index (χ4n) is 2.66. The van der Waals surface area contributed by atoms with Crippen LogP contribution in [0.3, 0.4) is 0 Å². The summed E-state index contributed by atoms with van der Waals surface area (Å²) in [6, 6.07) is 8.54. The van der Waals surface area contributed by atoms with Crippen LogP contribution in [-0.2, 0) is 0 Å². The first-order valence-corrected chi connectivity index (χ1v) is 8.31. The van der Waals surface area contributed by atoms with Crippen LogP contribution in [0.15, 0.2) is 35.5 Å². The van der Waals surface area contributed by atoms with Crippen LogP contribution < -0.4 is 5.84 Å². The van der Waals surface area contributed by atoms with E-state index in [0.717, 1.165) is 30.5 Å². The summed E-state index contributed by atoms with van der Waals surface area (Å²) >= 11 is 0. The molecule has 2 atom stereocenters. The molecule has 0 aliphatic carbocycles. The van der Waals surface area contributed by atoms with E-state index in [4.69, 9.17) is 5.84 Å². The number of aliphatic imine (C=N–C) groups is 1. The maximum atomic E-state index is 6.34. The number of hydrogen-bond acceptors (Lipinski definition) is 3. The molecule has 0 radical (unpaired) electrons. The summed E-state index contributed by atoms with van der Waals surface area (Å²) in [4.78, 5) is 4.19. The van der Waals surface area contributed by atoms with Crippen molar-refractivity contribution in [3.8, 4) is 0 Å². The first kappa shape index (κ1) is 18.4. The summed E-state index contributed by atoms with van der Waals surface area (Å²) < 4.78 is 0. The van der Waals surface area contributed by atoms with E-state index < -0.39 is 0 Å². The number of hydrazine groups is 1. The highest BCUT2D eigenvalue weighted by atomic mass is 15.4. The Morgan fingerprint density at radius 3 is 2.59 bits per heavy atom. The largest absolute Gasteiger partial charge is 0.313 e. The Hall–Kier alpha value is -1.61. The van der Waals surface area contributed by atoms with Gasteiger partial charge in [-0.25, -0.2) is 5.84 Å². The van der Waals surface area contributed by atoms with Gasteiger partial charge in [-0.1, -0.05) is 57.9 Å². The van der Waals surface area contributed by atoms with E-state index >= 15 is 0 Å². The van der Waals surface area contributed by atoms with Crippen LogP contribution in [0.1, 0.15) is 57.6 Å². The molecule has 0 bridgehead atoms. The molecule has 3 nitrogen and oxygen atoms in total. The average Bonchev–Trinajstić information content (AvgIpc) is 2.52. The first-order valence-electron chi connectivity index (χ1n) is 8.31. The lowest BCUT2D eigenvalue weighted by Crippen LogP contribution is -2.38. The zero-order chi connectivity index (χ0) is 16.5. The molecule has 1 aromatic rings. The van der Waals surface area contributed by atoms with Crippen LogP contribution in [0.4, 0.5) is 0 Å². The van der Waals surface area contributed by atoms with Crippen LogP contribution in [-0.4, -0.2) is 17.8 Å². The van der Waals surface area contributed by atoms with Gasteiger partial charge in [0, 0.05) is 17.8 Å². The van der Waals surface area contributed by atoms with Gasteiger partial charge in [0.2, 0.25) is 0 Å². The second kappa shape index (κ2) is 9.42. The summed E-state index contributed by atoms with van der Waals surface area (Å²) in [6.07, 6.45) is 6.45. The van der Waals surface area contributed by atoms with Crippen LogP contribution in [0.5, 0.6) is 0 Å². The summed E-state index contributed by atoms with van der Waals surface area (Å²) in [7, 11) is 0. The zero-order valence-electron chi connectivity index (χ0n) is 14.5. The molecule has 0 aromatic heterocycles. The summed E-state index contributed by atoms with van der Waals surface area (Å²) in [5.41, 5.74) is 3.11. The molecule has 0 saturated carbocycles. The van der Waals surface area contributed by atoms with E-state index in [1.165, 1.54) is 12.0 Å². The standard InChI is InChI=1S/C19H31N3/c1-6-10-17(13-15(3)7-2)22(20)14-19(21-5)18-12-9-8-11-16(18)4/h8-9,11-12,14-15,17H,5-7,10,13,20H2,1-4H3/b19-14-. The SMILES string of the molecule is C=N/C(=C\N(N)C(CCC)CC(C)CC)c1ccccc1C. The Morgan fingerprint density at radius 2 is 2.05 bits per heavy atom. The van der Waals surface area contributed by atoms with Crippen LogP contribution in [0.25, 0.3) is 5.70 Å². The Balaban J connectivity index is 2.98. The monoisotopic (exact) mass is 301 g/mol.